The van der Waals surface area contributed by atoms with Crippen molar-refractivity contribution in [2.24, 2.45) is 0 Å². The van der Waals surface area contributed by atoms with E-state index in [9.17, 15) is 13.5 Å². The summed E-state index contributed by atoms with van der Waals surface area (Å²) in [6, 6.07) is 4.23. The van der Waals surface area contributed by atoms with Crippen LogP contribution in [0, 0.1) is 11.3 Å². The lowest BCUT2D eigenvalue weighted by Crippen LogP contribution is -2.38. The fourth-order valence-corrected chi connectivity index (χ4v) is 3.90. The third-order valence-electron chi connectivity index (χ3n) is 3.00. The highest BCUT2D eigenvalue weighted by atomic mass is 32.2. The van der Waals surface area contributed by atoms with Crippen molar-refractivity contribution < 1.29 is 13.5 Å². The predicted molar refractivity (Wildman–Crippen MR) is 63.0 cm³/mol. The summed E-state index contributed by atoms with van der Waals surface area (Å²) in [6.07, 6.45) is 2.73. The summed E-state index contributed by atoms with van der Waals surface area (Å²) in [4.78, 5) is 3.67. The topological polar surface area (TPSA) is 94.3 Å². The summed E-state index contributed by atoms with van der Waals surface area (Å²) in [5.41, 5.74) is -0.110. The van der Waals surface area contributed by atoms with E-state index in [-0.39, 0.29) is 17.2 Å². The van der Waals surface area contributed by atoms with Crippen LogP contribution in [0.4, 0.5) is 0 Å². The van der Waals surface area contributed by atoms with Crippen LogP contribution in [0.5, 0.6) is 0 Å². The molecular formula is C11H13N3O3S. The molecule has 0 radical (unpaired) electrons. The molecule has 1 aromatic heterocycles. The van der Waals surface area contributed by atoms with Gasteiger partial charge in [0.1, 0.15) is 11.0 Å². The number of aromatic nitrogens is 1. The molecule has 0 aliphatic carbocycles. The number of hydrogen-bond acceptors (Lipinski definition) is 5. The number of sulfonamides is 1. The van der Waals surface area contributed by atoms with Gasteiger partial charge in [0.25, 0.3) is 0 Å². The summed E-state index contributed by atoms with van der Waals surface area (Å²) in [5.74, 6) is 0. The van der Waals surface area contributed by atoms with Gasteiger partial charge >= 0.3 is 0 Å². The first-order chi connectivity index (χ1) is 8.61. The fraction of sp³-hybridized carbons (Fsp3) is 0.455. The van der Waals surface area contributed by atoms with Crippen LogP contribution in [0.3, 0.4) is 0 Å². The van der Waals surface area contributed by atoms with Crippen LogP contribution >= 0.6 is 0 Å². The first kappa shape index (κ1) is 13.0. The van der Waals surface area contributed by atoms with E-state index in [4.69, 9.17) is 5.26 Å². The fourth-order valence-electron chi connectivity index (χ4n) is 2.12. The molecule has 0 aromatic carbocycles. The average molecular weight is 267 g/mol. The molecule has 1 atom stereocenters. The van der Waals surface area contributed by atoms with Crippen LogP contribution in [0.15, 0.2) is 23.2 Å². The van der Waals surface area contributed by atoms with E-state index in [1.807, 2.05) is 0 Å². The van der Waals surface area contributed by atoms with Crippen molar-refractivity contribution in [2.75, 3.05) is 13.2 Å². The Hall–Kier alpha value is -1.49. The summed E-state index contributed by atoms with van der Waals surface area (Å²) in [7, 11) is -3.75. The van der Waals surface area contributed by atoms with E-state index in [0.717, 1.165) is 0 Å². The highest BCUT2D eigenvalue weighted by Crippen LogP contribution is 2.26. The van der Waals surface area contributed by atoms with Gasteiger partial charge < -0.3 is 5.11 Å². The van der Waals surface area contributed by atoms with Crippen LogP contribution in [0.25, 0.3) is 0 Å². The van der Waals surface area contributed by atoms with Crippen molar-refractivity contribution in [3.05, 3.63) is 24.0 Å². The molecule has 0 spiro atoms. The van der Waals surface area contributed by atoms with Gasteiger partial charge in [-0.25, -0.2) is 13.4 Å². The average Bonchev–Trinajstić information content (AvgIpc) is 2.87. The zero-order valence-corrected chi connectivity index (χ0v) is 10.5. The van der Waals surface area contributed by atoms with Gasteiger partial charge in [-0.15, -0.1) is 0 Å². The summed E-state index contributed by atoms with van der Waals surface area (Å²) in [5, 5.41) is 18.1. The molecule has 0 unspecified atom stereocenters. The van der Waals surface area contributed by atoms with E-state index >= 15 is 0 Å². The summed E-state index contributed by atoms with van der Waals surface area (Å²) < 4.78 is 26.1. The number of rotatable bonds is 3. The Balaban J connectivity index is 2.46. The number of nitrogens with zero attached hydrogens (tertiary/aromatic N) is 3. The van der Waals surface area contributed by atoms with Gasteiger partial charge in [0.05, 0.1) is 6.61 Å². The first-order valence-corrected chi connectivity index (χ1v) is 7.03. The first-order valence-electron chi connectivity index (χ1n) is 5.59. The number of aliphatic hydroxyl groups is 1. The summed E-state index contributed by atoms with van der Waals surface area (Å²) in [6.45, 7) is 0.161. The number of aliphatic hydroxyl groups excluding tert-OH is 1. The Morgan fingerprint density at radius 1 is 1.61 bits per heavy atom. The standard InChI is InChI=1S/C11H13N3O3S/c12-7-10-11(4-1-5-13-10)18(16,17)14-6-2-3-9(14)8-15/h1,4-5,9,15H,2-3,6,8H2/t9-/m0/s1. The molecule has 1 fully saturated rings. The highest BCUT2D eigenvalue weighted by molar-refractivity contribution is 7.89. The largest absolute Gasteiger partial charge is 0.395 e. The molecule has 1 aliphatic heterocycles. The zero-order valence-electron chi connectivity index (χ0n) is 9.65. The van der Waals surface area contributed by atoms with Crippen molar-refractivity contribution >= 4 is 10.0 Å². The molecule has 1 aliphatic rings. The third kappa shape index (κ3) is 2.10. The normalized spacial score (nSPS) is 20.8. The van der Waals surface area contributed by atoms with E-state index in [2.05, 4.69) is 4.98 Å². The molecule has 0 saturated carbocycles. The number of nitriles is 1. The molecule has 96 valence electrons. The van der Waals surface area contributed by atoms with Crippen molar-refractivity contribution in [2.45, 2.75) is 23.8 Å². The van der Waals surface area contributed by atoms with Crippen molar-refractivity contribution in [3.63, 3.8) is 0 Å². The maximum atomic E-state index is 12.4. The van der Waals surface area contributed by atoms with Crippen molar-refractivity contribution in [1.82, 2.24) is 9.29 Å². The molecule has 18 heavy (non-hydrogen) atoms. The Labute approximate surface area is 106 Å². The minimum Gasteiger partial charge on any atom is -0.395 e. The van der Waals surface area contributed by atoms with Gasteiger partial charge in [-0.1, -0.05) is 0 Å². The van der Waals surface area contributed by atoms with Gasteiger partial charge in [-0.2, -0.15) is 9.57 Å². The quantitative estimate of drug-likeness (QED) is 0.838. The molecular weight excluding hydrogens is 254 g/mol. The second kappa shape index (κ2) is 5.02. The molecule has 1 saturated heterocycles. The molecule has 1 N–H and O–H groups in total. The van der Waals surface area contributed by atoms with Gasteiger partial charge in [-0.3, -0.25) is 0 Å². The van der Waals surface area contributed by atoms with Gasteiger partial charge in [0.2, 0.25) is 10.0 Å². The minimum atomic E-state index is -3.75. The Kier molecular flexibility index (Phi) is 3.61. The molecule has 0 amide bonds. The van der Waals surface area contributed by atoms with Crippen LogP contribution < -0.4 is 0 Å². The van der Waals surface area contributed by atoms with Crippen molar-refractivity contribution in [1.29, 1.82) is 5.26 Å². The van der Waals surface area contributed by atoms with Crippen molar-refractivity contribution in [3.8, 4) is 6.07 Å². The van der Waals surface area contributed by atoms with Crippen LogP contribution in [-0.2, 0) is 10.0 Å². The van der Waals surface area contributed by atoms with Gasteiger partial charge in [0, 0.05) is 18.8 Å². The van der Waals surface area contributed by atoms with E-state index < -0.39 is 16.1 Å². The predicted octanol–water partition coefficient (Wildman–Crippen LogP) is 0.0987. The molecule has 1 aromatic rings. The second-order valence-electron chi connectivity index (χ2n) is 4.06. The Bertz CT molecular complexity index is 579. The smallest absolute Gasteiger partial charge is 0.246 e. The van der Waals surface area contributed by atoms with E-state index in [0.29, 0.717) is 19.4 Å². The lowest BCUT2D eigenvalue weighted by Gasteiger charge is -2.22. The second-order valence-corrected chi connectivity index (χ2v) is 5.92. The van der Waals surface area contributed by atoms with Crippen LogP contribution in [-0.4, -0.2) is 42.0 Å². The Morgan fingerprint density at radius 2 is 2.39 bits per heavy atom. The number of hydrogen-bond donors (Lipinski definition) is 1. The third-order valence-corrected chi connectivity index (χ3v) is 4.98. The lowest BCUT2D eigenvalue weighted by molar-refractivity contribution is 0.213. The monoisotopic (exact) mass is 267 g/mol. The number of pyridine rings is 1. The van der Waals surface area contributed by atoms with E-state index in [1.165, 1.54) is 22.6 Å². The molecule has 2 heterocycles. The Morgan fingerprint density at radius 3 is 3.06 bits per heavy atom. The lowest BCUT2D eigenvalue weighted by atomic mass is 10.2. The van der Waals surface area contributed by atoms with E-state index in [1.54, 1.807) is 6.07 Å². The van der Waals surface area contributed by atoms with Gasteiger partial charge in [0.15, 0.2) is 5.69 Å². The van der Waals surface area contributed by atoms with Crippen LogP contribution in [0.1, 0.15) is 18.5 Å². The molecule has 7 heteroatoms. The maximum Gasteiger partial charge on any atom is 0.246 e. The SMILES string of the molecule is N#Cc1ncccc1S(=O)(=O)N1CCC[C@H]1CO. The maximum absolute atomic E-state index is 12.4. The van der Waals surface area contributed by atoms with Gasteiger partial charge in [-0.05, 0) is 25.0 Å². The summed E-state index contributed by atoms with van der Waals surface area (Å²) >= 11 is 0. The minimum absolute atomic E-state index is 0.0900. The zero-order chi connectivity index (χ0) is 13.2. The molecule has 2 rings (SSSR count). The van der Waals surface area contributed by atoms with Crippen LogP contribution in [0.2, 0.25) is 0 Å². The highest BCUT2D eigenvalue weighted by Gasteiger charge is 2.36. The molecule has 6 nitrogen and oxygen atoms in total. The molecule has 0 bridgehead atoms.